The highest BCUT2D eigenvalue weighted by molar-refractivity contribution is 7.99. The molecule has 1 aliphatic rings. The molecule has 1 saturated carbocycles. The Hall–Kier alpha value is -3.07. The lowest BCUT2D eigenvalue weighted by Gasteiger charge is -2.33. The van der Waals surface area contributed by atoms with Crippen LogP contribution in [0.2, 0.25) is 0 Å². The Morgan fingerprint density at radius 1 is 1.24 bits per heavy atom. The highest BCUT2D eigenvalue weighted by atomic mass is 32.2. The van der Waals surface area contributed by atoms with Gasteiger partial charge in [-0.2, -0.15) is 0 Å². The predicted molar refractivity (Wildman–Crippen MR) is 130 cm³/mol. The summed E-state index contributed by atoms with van der Waals surface area (Å²) in [5.41, 5.74) is 0.430. The molecule has 1 fully saturated rings. The summed E-state index contributed by atoms with van der Waals surface area (Å²) in [5.74, 6) is 0.982. The first-order chi connectivity index (χ1) is 16.4. The summed E-state index contributed by atoms with van der Waals surface area (Å²) < 4.78 is 11.7. The molecule has 0 aliphatic heterocycles. The number of hydrogen-bond donors (Lipinski definition) is 0. The van der Waals surface area contributed by atoms with Crippen molar-refractivity contribution < 1.29 is 18.7 Å². The van der Waals surface area contributed by atoms with Crippen molar-refractivity contribution in [3.63, 3.8) is 0 Å². The predicted octanol–water partition coefficient (Wildman–Crippen LogP) is 3.95. The number of esters is 1. The number of amides is 1. The molecule has 0 radical (unpaired) electrons. The van der Waals surface area contributed by atoms with E-state index >= 15 is 0 Å². The highest BCUT2D eigenvalue weighted by Gasteiger charge is 2.25. The third-order valence-electron chi connectivity index (χ3n) is 6.49. The maximum atomic E-state index is 13.3. The molecule has 9 heteroatoms. The molecule has 4 rings (SSSR count). The van der Waals surface area contributed by atoms with E-state index < -0.39 is 5.97 Å². The van der Waals surface area contributed by atoms with Gasteiger partial charge in [0.1, 0.15) is 5.76 Å². The molecule has 0 atom stereocenters. The van der Waals surface area contributed by atoms with Gasteiger partial charge < -0.3 is 14.1 Å². The van der Waals surface area contributed by atoms with Crippen molar-refractivity contribution in [1.29, 1.82) is 0 Å². The smallest absolute Gasteiger partial charge is 0.337 e. The van der Waals surface area contributed by atoms with Crippen LogP contribution in [0.15, 0.2) is 51.0 Å². The van der Waals surface area contributed by atoms with Gasteiger partial charge in [0.25, 0.3) is 5.56 Å². The third kappa shape index (κ3) is 5.19. The van der Waals surface area contributed by atoms with Crippen molar-refractivity contribution in [2.24, 2.45) is 5.92 Å². The SMILES string of the molecule is COC(=O)c1ccc2c(=O)n(Cc3ccco3)c(SCC(=O)N(C)C3CCC(C)CC3)nc2c1. The van der Waals surface area contributed by atoms with Gasteiger partial charge in [0.15, 0.2) is 5.16 Å². The number of fused-ring (bicyclic) bond motifs is 1. The van der Waals surface area contributed by atoms with E-state index in [1.165, 1.54) is 23.4 Å². The van der Waals surface area contributed by atoms with Crippen LogP contribution in [-0.4, -0.2) is 52.3 Å². The summed E-state index contributed by atoms with van der Waals surface area (Å²) in [4.78, 5) is 44.8. The Kier molecular flexibility index (Phi) is 7.41. The van der Waals surface area contributed by atoms with E-state index in [1.807, 2.05) is 11.9 Å². The first kappa shape index (κ1) is 24.1. The van der Waals surface area contributed by atoms with E-state index in [0.29, 0.717) is 33.3 Å². The second-order valence-corrected chi connectivity index (χ2v) is 9.74. The first-order valence-electron chi connectivity index (χ1n) is 11.4. The van der Waals surface area contributed by atoms with E-state index in [4.69, 9.17) is 9.15 Å². The number of rotatable bonds is 7. The van der Waals surface area contributed by atoms with Crippen molar-refractivity contribution in [2.45, 2.75) is 50.4 Å². The summed E-state index contributed by atoms with van der Waals surface area (Å²) in [6.07, 6.45) is 5.84. The minimum atomic E-state index is -0.503. The molecular formula is C25H29N3O5S. The third-order valence-corrected chi connectivity index (χ3v) is 7.45. The molecule has 34 heavy (non-hydrogen) atoms. The number of methoxy groups -OCH3 is 1. The molecule has 0 saturated heterocycles. The lowest BCUT2D eigenvalue weighted by molar-refractivity contribution is -0.129. The van der Waals surface area contributed by atoms with Gasteiger partial charge in [-0.15, -0.1) is 0 Å². The molecule has 3 aromatic rings. The number of ether oxygens (including phenoxy) is 1. The van der Waals surface area contributed by atoms with Gasteiger partial charge in [-0.25, -0.2) is 9.78 Å². The van der Waals surface area contributed by atoms with E-state index in [9.17, 15) is 14.4 Å². The lowest BCUT2D eigenvalue weighted by atomic mass is 9.87. The minimum absolute atomic E-state index is 0.00626. The molecule has 0 spiro atoms. The van der Waals surface area contributed by atoms with Gasteiger partial charge in [0, 0.05) is 13.1 Å². The summed E-state index contributed by atoms with van der Waals surface area (Å²) in [6.45, 7) is 2.45. The molecule has 2 heterocycles. The fourth-order valence-electron chi connectivity index (χ4n) is 4.32. The van der Waals surface area contributed by atoms with Crippen molar-refractivity contribution in [1.82, 2.24) is 14.5 Å². The van der Waals surface area contributed by atoms with Gasteiger partial charge in [-0.3, -0.25) is 14.2 Å². The number of hydrogen-bond acceptors (Lipinski definition) is 7. The number of thioether (sulfide) groups is 1. The van der Waals surface area contributed by atoms with E-state index in [0.717, 1.165) is 25.7 Å². The fourth-order valence-corrected chi connectivity index (χ4v) is 5.24. The van der Waals surface area contributed by atoms with E-state index in [-0.39, 0.29) is 29.8 Å². The Bertz CT molecular complexity index is 1230. The van der Waals surface area contributed by atoms with Crippen LogP contribution in [0.1, 0.15) is 48.7 Å². The Balaban J connectivity index is 1.62. The van der Waals surface area contributed by atoms with Gasteiger partial charge in [-0.1, -0.05) is 18.7 Å². The second kappa shape index (κ2) is 10.5. The molecule has 0 N–H and O–H groups in total. The Morgan fingerprint density at radius 3 is 2.68 bits per heavy atom. The quantitative estimate of drug-likeness (QED) is 0.285. The summed E-state index contributed by atoms with van der Waals surface area (Å²) in [6, 6.07) is 8.46. The zero-order valence-electron chi connectivity index (χ0n) is 19.7. The van der Waals surface area contributed by atoms with Crippen molar-refractivity contribution in [2.75, 3.05) is 19.9 Å². The topological polar surface area (TPSA) is 94.6 Å². The Morgan fingerprint density at radius 2 is 2.00 bits per heavy atom. The van der Waals surface area contributed by atoms with Crippen LogP contribution < -0.4 is 5.56 Å². The molecule has 0 unspecified atom stereocenters. The van der Waals surface area contributed by atoms with Crippen LogP contribution in [0, 0.1) is 5.92 Å². The molecular weight excluding hydrogens is 454 g/mol. The average molecular weight is 484 g/mol. The molecule has 1 amide bonds. The highest BCUT2D eigenvalue weighted by Crippen LogP contribution is 2.27. The summed E-state index contributed by atoms with van der Waals surface area (Å²) in [7, 11) is 3.16. The number of aromatic nitrogens is 2. The van der Waals surface area contributed by atoms with Gasteiger partial charge in [0.2, 0.25) is 5.91 Å². The van der Waals surface area contributed by atoms with Crippen molar-refractivity contribution in [3.05, 3.63) is 58.3 Å². The van der Waals surface area contributed by atoms with Crippen LogP contribution in [0.5, 0.6) is 0 Å². The van der Waals surface area contributed by atoms with Crippen LogP contribution >= 0.6 is 11.8 Å². The summed E-state index contributed by atoms with van der Waals surface area (Å²) in [5, 5.41) is 0.776. The molecule has 1 aromatic carbocycles. The number of benzene rings is 1. The number of furan rings is 1. The molecule has 180 valence electrons. The number of carbonyl (C=O) groups excluding carboxylic acids is 2. The number of carbonyl (C=O) groups is 2. The molecule has 8 nitrogen and oxygen atoms in total. The van der Waals surface area contributed by atoms with Crippen LogP contribution in [0.25, 0.3) is 10.9 Å². The molecule has 1 aliphatic carbocycles. The van der Waals surface area contributed by atoms with Crippen LogP contribution in [-0.2, 0) is 16.1 Å². The zero-order chi connectivity index (χ0) is 24.2. The average Bonchev–Trinajstić information content (AvgIpc) is 3.37. The normalized spacial score (nSPS) is 18.1. The Labute approximate surface area is 202 Å². The molecule has 0 bridgehead atoms. The van der Waals surface area contributed by atoms with Gasteiger partial charge in [-0.05, 0) is 61.9 Å². The zero-order valence-corrected chi connectivity index (χ0v) is 20.5. The maximum Gasteiger partial charge on any atom is 0.337 e. The monoisotopic (exact) mass is 483 g/mol. The maximum absolute atomic E-state index is 13.3. The molecule has 2 aromatic heterocycles. The van der Waals surface area contributed by atoms with Crippen molar-refractivity contribution >= 4 is 34.5 Å². The standard InChI is InChI=1S/C25H29N3O5S/c1-16-6-9-18(10-7-16)27(2)22(29)15-34-25-26-21-13-17(24(31)32-3)8-11-20(21)23(30)28(25)14-19-5-4-12-33-19/h4-5,8,11-13,16,18H,6-7,9-10,14-15H2,1-3H3. The van der Waals surface area contributed by atoms with Gasteiger partial charge >= 0.3 is 5.97 Å². The first-order valence-corrected chi connectivity index (χ1v) is 12.4. The van der Waals surface area contributed by atoms with Gasteiger partial charge in [0.05, 0.1) is 42.1 Å². The largest absolute Gasteiger partial charge is 0.467 e. The fraction of sp³-hybridized carbons (Fsp3) is 0.440. The van der Waals surface area contributed by atoms with Crippen LogP contribution in [0.4, 0.5) is 0 Å². The minimum Gasteiger partial charge on any atom is -0.467 e. The van der Waals surface area contributed by atoms with E-state index in [1.54, 1.807) is 36.6 Å². The van der Waals surface area contributed by atoms with E-state index in [2.05, 4.69) is 11.9 Å². The van der Waals surface area contributed by atoms with Crippen molar-refractivity contribution in [3.8, 4) is 0 Å². The number of nitrogens with zero attached hydrogens (tertiary/aromatic N) is 3. The van der Waals surface area contributed by atoms with Crippen LogP contribution in [0.3, 0.4) is 0 Å². The second-order valence-electron chi connectivity index (χ2n) is 8.80. The lowest BCUT2D eigenvalue weighted by Crippen LogP contribution is -2.40. The summed E-state index contributed by atoms with van der Waals surface area (Å²) >= 11 is 1.22.